The van der Waals surface area contributed by atoms with E-state index >= 15 is 0 Å². The van der Waals surface area contributed by atoms with Gasteiger partial charge < -0.3 is 39.2 Å². The van der Waals surface area contributed by atoms with Gasteiger partial charge in [-0.2, -0.15) is 0 Å². The Bertz CT molecular complexity index is 677. The van der Waals surface area contributed by atoms with E-state index in [-0.39, 0.29) is 21.1 Å². The maximum atomic E-state index is 5.20. The Morgan fingerprint density at radius 1 is 0.390 bits per heavy atom. The van der Waals surface area contributed by atoms with Crippen LogP contribution >= 0.6 is 48.9 Å². The average Bonchev–Trinajstić information content (AvgIpc) is 2.96. The normalized spacial score (nSPS) is 19.5. The summed E-state index contributed by atoms with van der Waals surface area (Å²) >= 11 is 20.8. The van der Waals surface area contributed by atoms with Crippen molar-refractivity contribution in [3.05, 3.63) is 0 Å². The zero-order valence-corrected chi connectivity index (χ0v) is 32.4. The van der Waals surface area contributed by atoms with Crippen LogP contribution in [0.25, 0.3) is 0 Å². The maximum Gasteiger partial charge on any atom is 0.171 e. The van der Waals surface area contributed by atoms with Crippen molar-refractivity contribution in [1.82, 2.24) is 39.2 Å². The van der Waals surface area contributed by atoms with Gasteiger partial charge in [0.2, 0.25) is 0 Å². The molecule has 0 amide bonds. The quantitative estimate of drug-likeness (QED) is 0.387. The van der Waals surface area contributed by atoms with Gasteiger partial charge in [0.25, 0.3) is 0 Å². The molecule has 8 nitrogen and oxygen atoms in total. The Labute approximate surface area is 287 Å². The monoisotopic (exact) mass is 827 g/mol. The van der Waals surface area contributed by atoms with Crippen LogP contribution in [-0.2, 0) is 21.1 Å². The molecule has 41 heavy (non-hydrogen) atoms. The Hall–Kier alpha value is -0.552. The summed E-state index contributed by atoms with van der Waals surface area (Å²) in [6.07, 6.45) is 4.96. The minimum Gasteiger partial charge on any atom is -0.352 e. The number of rotatable bonds is 4. The molecule has 4 heterocycles. The molecule has 0 aromatic rings. The fourth-order valence-electron chi connectivity index (χ4n) is 4.90. The molecule has 4 rings (SSSR count). The van der Waals surface area contributed by atoms with Crippen LogP contribution < -0.4 is 0 Å². The fraction of sp³-hybridized carbons (Fsp3) is 0.857. The minimum atomic E-state index is 0. The Morgan fingerprint density at radius 3 is 0.683 bits per heavy atom. The van der Waals surface area contributed by atoms with Gasteiger partial charge in [0.05, 0.1) is 0 Å². The van der Waals surface area contributed by atoms with Crippen LogP contribution in [0.15, 0.2) is 0 Å². The Kier molecular flexibility index (Phi) is 21.7. The molecule has 4 aliphatic heterocycles. The molecule has 0 bridgehead atoms. The van der Waals surface area contributed by atoms with E-state index in [2.05, 4.69) is 95.1 Å². The van der Waals surface area contributed by atoms with Crippen molar-refractivity contribution < 1.29 is 21.1 Å². The summed E-state index contributed by atoms with van der Waals surface area (Å²) < 4.78 is 0. The first-order valence-electron chi connectivity index (χ1n) is 15.0. The predicted octanol–water partition coefficient (Wildman–Crippen LogP) is 3.71. The van der Waals surface area contributed by atoms with Crippen LogP contribution in [0.1, 0.15) is 53.4 Å². The Balaban J connectivity index is 0.000000516. The van der Waals surface area contributed by atoms with E-state index in [4.69, 9.17) is 48.9 Å². The van der Waals surface area contributed by atoms with Gasteiger partial charge in [-0.25, -0.2) is 0 Å². The van der Waals surface area contributed by atoms with Crippen molar-refractivity contribution >= 4 is 69.3 Å². The summed E-state index contributed by atoms with van der Waals surface area (Å²) in [5.41, 5.74) is 0. The van der Waals surface area contributed by atoms with Crippen molar-refractivity contribution in [3.63, 3.8) is 0 Å². The van der Waals surface area contributed by atoms with Crippen molar-refractivity contribution in [3.8, 4) is 0 Å². The van der Waals surface area contributed by atoms with E-state index in [1.54, 1.807) is 0 Å². The number of thiocarbonyl (C=S) groups is 4. The fourth-order valence-corrected chi connectivity index (χ4v) is 6.15. The first kappa shape index (κ1) is 40.4. The first-order chi connectivity index (χ1) is 19.0. The first-order valence-corrected chi connectivity index (χ1v) is 16.7. The van der Waals surface area contributed by atoms with E-state index in [9.17, 15) is 0 Å². The molecule has 0 unspecified atom stereocenters. The molecule has 0 aromatic carbocycles. The van der Waals surface area contributed by atoms with Crippen LogP contribution in [-0.4, -0.2) is 166 Å². The summed E-state index contributed by atoms with van der Waals surface area (Å²) in [6, 6.07) is 0. The molecule has 0 aromatic heterocycles. The molecule has 0 N–H and O–H groups in total. The summed E-state index contributed by atoms with van der Waals surface area (Å²) in [5, 5.41) is 4.03. The Morgan fingerprint density at radius 2 is 0.561 bits per heavy atom. The van der Waals surface area contributed by atoms with Gasteiger partial charge in [-0.15, -0.1) is 0 Å². The third-order valence-corrected chi connectivity index (χ3v) is 9.88. The van der Waals surface area contributed by atoms with Crippen LogP contribution in [0.2, 0.25) is 0 Å². The predicted molar refractivity (Wildman–Crippen MR) is 188 cm³/mol. The molecule has 0 saturated carbocycles. The molecule has 0 aliphatic carbocycles. The van der Waals surface area contributed by atoms with Gasteiger partial charge >= 0.3 is 0 Å². The molecular formula is C28H56N8PtS4. The van der Waals surface area contributed by atoms with Gasteiger partial charge in [-0.05, 0) is 102 Å². The molecule has 0 radical (unpaired) electrons. The SMILES string of the molecule is CCN1CCCN(C)C1=S.CCN1CCCN(C)C1=S.CCN1CCCN(C)C1=S.CCN1CCCN(C)C1=S.[Pt]. The number of nitrogens with zero attached hydrogens (tertiary/aromatic N) is 8. The van der Waals surface area contributed by atoms with Gasteiger partial charge in [-0.3, -0.25) is 0 Å². The second-order valence-corrected chi connectivity index (χ2v) is 12.0. The van der Waals surface area contributed by atoms with E-state index in [0.717, 1.165) is 99.0 Å². The molecule has 4 aliphatic rings. The topological polar surface area (TPSA) is 25.9 Å². The van der Waals surface area contributed by atoms with Crippen LogP contribution in [0.5, 0.6) is 0 Å². The largest absolute Gasteiger partial charge is 0.352 e. The van der Waals surface area contributed by atoms with Crippen LogP contribution in [0.3, 0.4) is 0 Å². The standard InChI is InChI=1S/4C7H14N2S.Pt/c4*1-3-9-6-4-5-8(2)7(9)10;/h4*3-6H2,1-2H3;. The summed E-state index contributed by atoms with van der Waals surface area (Å²) in [4.78, 5) is 17.5. The molecule has 13 heteroatoms. The van der Waals surface area contributed by atoms with Crippen molar-refractivity contribution in [1.29, 1.82) is 0 Å². The number of hydrogen-bond acceptors (Lipinski definition) is 4. The second kappa shape index (κ2) is 22.0. The summed E-state index contributed by atoms with van der Waals surface area (Å²) in [6.45, 7) is 21.8. The van der Waals surface area contributed by atoms with Crippen molar-refractivity contribution in [2.75, 3.05) is 107 Å². The smallest absolute Gasteiger partial charge is 0.171 e. The third kappa shape index (κ3) is 13.7. The van der Waals surface area contributed by atoms with E-state index in [1.807, 2.05) is 0 Å². The van der Waals surface area contributed by atoms with Gasteiger partial charge in [-0.1, -0.05) is 0 Å². The van der Waals surface area contributed by atoms with E-state index in [0.29, 0.717) is 0 Å². The van der Waals surface area contributed by atoms with Crippen LogP contribution in [0.4, 0.5) is 0 Å². The zero-order chi connectivity index (χ0) is 30.2. The van der Waals surface area contributed by atoms with Crippen molar-refractivity contribution in [2.24, 2.45) is 0 Å². The summed E-state index contributed by atoms with van der Waals surface area (Å²) in [7, 11) is 8.24. The van der Waals surface area contributed by atoms with Crippen molar-refractivity contribution in [2.45, 2.75) is 53.4 Å². The third-order valence-electron chi connectivity index (χ3n) is 7.60. The molecule has 242 valence electrons. The average molecular weight is 828 g/mol. The molecule has 0 spiro atoms. The van der Waals surface area contributed by atoms with Gasteiger partial charge in [0.15, 0.2) is 20.4 Å². The van der Waals surface area contributed by atoms with E-state index in [1.165, 1.54) is 25.7 Å². The molecule has 4 fully saturated rings. The minimum absolute atomic E-state index is 0. The van der Waals surface area contributed by atoms with Crippen LogP contribution in [0, 0.1) is 0 Å². The molecule has 4 saturated heterocycles. The van der Waals surface area contributed by atoms with Gasteiger partial charge in [0, 0.05) is 128 Å². The zero-order valence-electron chi connectivity index (χ0n) is 26.8. The second-order valence-electron chi connectivity index (χ2n) is 10.5. The number of hydrogen-bond donors (Lipinski definition) is 0. The molecular weight excluding hydrogens is 772 g/mol. The maximum absolute atomic E-state index is 5.20. The van der Waals surface area contributed by atoms with E-state index < -0.39 is 0 Å². The summed E-state index contributed by atoms with van der Waals surface area (Å²) in [5.74, 6) is 0. The van der Waals surface area contributed by atoms with Gasteiger partial charge in [0.1, 0.15) is 0 Å². The molecule has 0 atom stereocenters.